The number of hydrogen-bond acceptors (Lipinski definition) is 12. The summed E-state index contributed by atoms with van der Waals surface area (Å²) in [6.07, 6.45) is -3.33. The number of fused-ring (bicyclic) bond motifs is 1. The number of aliphatic imine (C=N–C) groups is 1. The fourth-order valence-electron chi connectivity index (χ4n) is 4.53. The predicted molar refractivity (Wildman–Crippen MR) is 152 cm³/mol. The Kier molecular flexibility index (Phi) is 9.63. The monoisotopic (exact) mass is 598 g/mol. The minimum Gasteiger partial charge on any atom is -0.463 e. The molecule has 2 aromatic carbocycles. The van der Waals surface area contributed by atoms with Gasteiger partial charge in [-0.3, -0.25) is 28.9 Å². The van der Waals surface area contributed by atoms with Gasteiger partial charge in [-0.05, 0) is 28.5 Å². The molecule has 0 radical (unpaired) electrons. The zero-order chi connectivity index (χ0) is 30.6. The zero-order valence-corrected chi connectivity index (χ0v) is 24.4. The van der Waals surface area contributed by atoms with E-state index in [2.05, 4.69) is 4.99 Å². The smallest absolute Gasteiger partial charge is 0.303 e. The topological polar surface area (TPSA) is 147 Å². The molecule has 0 spiro atoms. The summed E-state index contributed by atoms with van der Waals surface area (Å²) in [6, 6.07) is 13.6. The van der Waals surface area contributed by atoms with Gasteiger partial charge in [0.2, 0.25) is 0 Å². The van der Waals surface area contributed by atoms with Crippen molar-refractivity contribution in [2.75, 3.05) is 13.7 Å². The molecule has 2 heterocycles. The van der Waals surface area contributed by atoms with E-state index in [1.54, 1.807) is 6.08 Å². The second-order valence-electron chi connectivity index (χ2n) is 9.58. The quantitative estimate of drug-likeness (QED) is 0.263. The highest BCUT2D eigenvalue weighted by Gasteiger charge is 2.53. The Morgan fingerprint density at radius 3 is 2.14 bits per heavy atom. The molecule has 1 saturated heterocycles. The van der Waals surface area contributed by atoms with E-state index in [4.69, 9.17) is 23.7 Å². The number of amides is 1. The number of carbonyl (C=O) groups excluding carboxylic acids is 5. The number of esters is 4. The lowest BCUT2D eigenvalue weighted by molar-refractivity contribution is -0.237. The van der Waals surface area contributed by atoms with Crippen molar-refractivity contribution in [2.24, 2.45) is 4.99 Å². The van der Waals surface area contributed by atoms with Crippen LogP contribution in [0.25, 0.3) is 16.8 Å². The van der Waals surface area contributed by atoms with Crippen molar-refractivity contribution < 1.29 is 47.7 Å². The maximum Gasteiger partial charge on any atom is 0.303 e. The molecule has 5 atom stereocenters. The molecule has 0 N–H and O–H groups in total. The third kappa shape index (κ3) is 7.34. The van der Waals surface area contributed by atoms with Crippen LogP contribution in [0.1, 0.15) is 33.3 Å². The highest BCUT2D eigenvalue weighted by Crippen LogP contribution is 2.37. The number of amidine groups is 1. The van der Waals surface area contributed by atoms with E-state index < -0.39 is 53.7 Å². The van der Waals surface area contributed by atoms with Crippen LogP contribution in [0.4, 0.5) is 0 Å². The van der Waals surface area contributed by atoms with Gasteiger partial charge in [-0.25, -0.2) is 4.99 Å². The molecule has 0 unspecified atom stereocenters. The van der Waals surface area contributed by atoms with Crippen LogP contribution in [0.5, 0.6) is 0 Å². The second-order valence-corrected chi connectivity index (χ2v) is 10.6. The molecule has 13 heteroatoms. The van der Waals surface area contributed by atoms with E-state index in [1.165, 1.54) is 18.9 Å². The molecule has 2 aliphatic heterocycles. The Bertz CT molecular complexity index is 1470. The number of likely N-dealkylation sites (N-methyl/N-ethyl adjacent to an activating group) is 1. The third-order valence-corrected chi connectivity index (χ3v) is 7.46. The SMILES string of the molecule is CC(=O)OC[C@H]1O[C@@H](SC2=N/C(=C\c3ccc4ccccc4c3)C(=O)N2C)[C@H](OC(C)=O)[C@@H](OC(C)=O)[C@H]1OC(C)=O. The van der Waals surface area contributed by atoms with Crippen LogP contribution < -0.4 is 0 Å². The van der Waals surface area contributed by atoms with Gasteiger partial charge in [0, 0.05) is 34.7 Å². The van der Waals surface area contributed by atoms with Crippen LogP contribution in [0.2, 0.25) is 0 Å². The molecule has 42 heavy (non-hydrogen) atoms. The minimum absolute atomic E-state index is 0.168. The molecule has 1 amide bonds. The van der Waals surface area contributed by atoms with Crippen LogP contribution >= 0.6 is 11.8 Å². The van der Waals surface area contributed by atoms with Crippen LogP contribution in [-0.4, -0.2) is 83.4 Å². The van der Waals surface area contributed by atoms with Crippen LogP contribution in [-0.2, 0) is 47.7 Å². The van der Waals surface area contributed by atoms with Gasteiger partial charge in [0.25, 0.3) is 5.91 Å². The number of hydrogen-bond donors (Lipinski definition) is 0. The van der Waals surface area contributed by atoms with Crippen molar-refractivity contribution in [3.05, 3.63) is 53.7 Å². The van der Waals surface area contributed by atoms with E-state index in [0.717, 1.165) is 48.9 Å². The fourth-order valence-corrected chi connectivity index (χ4v) is 5.67. The molecular weight excluding hydrogens is 568 g/mol. The Labute approximate surface area is 245 Å². The number of rotatable bonds is 7. The summed E-state index contributed by atoms with van der Waals surface area (Å²) < 4.78 is 27.6. The van der Waals surface area contributed by atoms with Gasteiger partial charge in [0.1, 0.15) is 18.4 Å². The predicted octanol–water partition coefficient (Wildman–Crippen LogP) is 2.83. The first-order valence-corrected chi connectivity index (χ1v) is 13.8. The average molecular weight is 599 g/mol. The van der Waals surface area contributed by atoms with Crippen molar-refractivity contribution >= 4 is 63.6 Å². The standard InChI is InChI=1S/C29H30N2O10S/c1-15(32)37-14-23-24(38-16(2)33)25(39-17(3)34)26(40-18(4)35)28(41-23)42-29-30-22(27(36)31(29)5)13-19-10-11-20-8-6-7-9-21(20)12-19/h6-13,23-26,28H,14H2,1-5H3/b22-13-/t23-,24+,25+,26-,28+/m1/s1. The largest absolute Gasteiger partial charge is 0.463 e. The summed E-state index contributed by atoms with van der Waals surface area (Å²) in [5, 5.41) is 2.27. The third-order valence-electron chi connectivity index (χ3n) is 6.27. The van der Waals surface area contributed by atoms with Gasteiger partial charge < -0.3 is 23.7 Å². The number of benzene rings is 2. The van der Waals surface area contributed by atoms with Crippen LogP contribution in [0.3, 0.4) is 0 Å². The maximum absolute atomic E-state index is 13.1. The van der Waals surface area contributed by atoms with E-state index in [-0.39, 0.29) is 23.4 Å². The first kappa shape index (κ1) is 30.7. The Balaban J connectivity index is 1.68. The van der Waals surface area contributed by atoms with Gasteiger partial charge in [-0.1, -0.05) is 48.2 Å². The van der Waals surface area contributed by atoms with Gasteiger partial charge >= 0.3 is 23.9 Å². The molecular formula is C29H30N2O10S. The molecule has 0 bridgehead atoms. The summed E-state index contributed by atoms with van der Waals surface area (Å²) in [4.78, 5) is 66.6. The first-order valence-electron chi connectivity index (χ1n) is 13.0. The number of thioether (sulfide) groups is 1. The zero-order valence-electron chi connectivity index (χ0n) is 23.6. The van der Waals surface area contributed by atoms with E-state index in [9.17, 15) is 24.0 Å². The van der Waals surface area contributed by atoms with Crippen molar-refractivity contribution in [1.82, 2.24) is 4.90 Å². The average Bonchev–Trinajstić information content (AvgIpc) is 3.17. The van der Waals surface area contributed by atoms with Crippen molar-refractivity contribution in [1.29, 1.82) is 0 Å². The highest BCUT2D eigenvalue weighted by atomic mass is 32.2. The number of carbonyl (C=O) groups is 5. The van der Waals surface area contributed by atoms with E-state index in [1.807, 2.05) is 42.5 Å². The normalized spacial score (nSPS) is 24.7. The van der Waals surface area contributed by atoms with E-state index in [0.29, 0.717) is 0 Å². The molecule has 0 saturated carbocycles. The van der Waals surface area contributed by atoms with E-state index >= 15 is 0 Å². The van der Waals surface area contributed by atoms with Crippen molar-refractivity contribution in [2.45, 2.75) is 57.5 Å². The minimum atomic E-state index is -1.32. The Hall–Kier alpha value is -4.23. The van der Waals surface area contributed by atoms with Gasteiger partial charge in [-0.15, -0.1) is 0 Å². The van der Waals surface area contributed by atoms with Crippen molar-refractivity contribution in [3.63, 3.8) is 0 Å². The summed E-state index contributed by atoms with van der Waals surface area (Å²) in [5.74, 6) is -3.19. The summed E-state index contributed by atoms with van der Waals surface area (Å²) in [7, 11) is 1.53. The van der Waals surface area contributed by atoms with Gasteiger partial charge in [-0.2, -0.15) is 0 Å². The van der Waals surface area contributed by atoms with Crippen molar-refractivity contribution in [3.8, 4) is 0 Å². The molecule has 222 valence electrons. The van der Waals surface area contributed by atoms with Crippen LogP contribution in [0, 0.1) is 0 Å². The second kappa shape index (κ2) is 13.2. The first-order chi connectivity index (χ1) is 19.9. The Morgan fingerprint density at radius 2 is 1.50 bits per heavy atom. The molecule has 4 rings (SSSR count). The summed E-state index contributed by atoms with van der Waals surface area (Å²) in [6.45, 7) is 4.28. The summed E-state index contributed by atoms with van der Waals surface area (Å²) in [5.41, 5.74) is -0.173. The van der Waals surface area contributed by atoms with Gasteiger partial charge in [0.05, 0.1) is 0 Å². The number of ether oxygens (including phenoxy) is 5. The molecule has 0 aromatic heterocycles. The fraction of sp³-hybridized carbons (Fsp3) is 0.379. The molecule has 1 fully saturated rings. The van der Waals surface area contributed by atoms with Crippen LogP contribution in [0.15, 0.2) is 53.2 Å². The Morgan fingerprint density at radius 1 is 0.881 bits per heavy atom. The number of nitrogens with zero attached hydrogens (tertiary/aromatic N) is 2. The molecule has 0 aliphatic carbocycles. The molecule has 2 aromatic rings. The lowest BCUT2D eigenvalue weighted by Crippen LogP contribution is -2.61. The lowest BCUT2D eigenvalue weighted by Gasteiger charge is -2.44. The highest BCUT2D eigenvalue weighted by molar-refractivity contribution is 8.14. The molecule has 12 nitrogen and oxygen atoms in total. The molecule has 2 aliphatic rings. The van der Waals surface area contributed by atoms with Gasteiger partial charge in [0.15, 0.2) is 28.9 Å². The lowest BCUT2D eigenvalue weighted by atomic mass is 9.99. The maximum atomic E-state index is 13.1. The summed E-state index contributed by atoms with van der Waals surface area (Å²) >= 11 is 0.939.